The Morgan fingerprint density at radius 3 is 2.33 bits per heavy atom. The first-order valence-corrected chi connectivity index (χ1v) is 6.63. The van der Waals surface area contributed by atoms with Crippen LogP contribution in [0.5, 0.6) is 0 Å². The molecule has 1 aliphatic heterocycles. The zero-order valence-corrected chi connectivity index (χ0v) is 11.2. The maximum Gasteiger partial charge on any atom is 0.331 e. The Labute approximate surface area is 107 Å². The number of nitrogens with one attached hydrogen (secondary N) is 1. The van der Waals surface area contributed by atoms with Gasteiger partial charge in [0.25, 0.3) is 0 Å². The lowest BCUT2D eigenvalue weighted by molar-refractivity contribution is -0.159. The molecule has 5 nitrogen and oxygen atoms in total. The largest absolute Gasteiger partial charge is 0.331 e. The molecule has 0 radical (unpaired) electrons. The van der Waals surface area contributed by atoms with E-state index in [0.29, 0.717) is 12.8 Å². The number of urea groups is 1. The molecule has 0 aromatic carbocycles. The van der Waals surface area contributed by atoms with Crippen molar-refractivity contribution in [2.24, 2.45) is 11.3 Å². The predicted octanol–water partition coefficient (Wildman–Crippen LogP) is 1.67. The number of imide groups is 2. The van der Waals surface area contributed by atoms with E-state index >= 15 is 0 Å². The van der Waals surface area contributed by atoms with E-state index in [1.165, 1.54) is 4.90 Å². The van der Waals surface area contributed by atoms with Crippen molar-refractivity contribution in [3.05, 3.63) is 0 Å². The summed E-state index contributed by atoms with van der Waals surface area (Å²) >= 11 is 0. The second-order valence-corrected chi connectivity index (χ2v) is 5.50. The van der Waals surface area contributed by atoms with Gasteiger partial charge in [-0.25, -0.2) is 4.79 Å². The second kappa shape index (κ2) is 4.37. The van der Waals surface area contributed by atoms with Crippen LogP contribution in [-0.2, 0) is 9.59 Å². The van der Waals surface area contributed by atoms with Crippen LogP contribution in [0.15, 0.2) is 0 Å². The van der Waals surface area contributed by atoms with E-state index < -0.39 is 17.4 Å². The summed E-state index contributed by atoms with van der Waals surface area (Å²) in [6, 6.07) is -0.733. The summed E-state index contributed by atoms with van der Waals surface area (Å²) in [5.74, 6) is -0.475. The lowest BCUT2D eigenvalue weighted by Gasteiger charge is -2.47. The van der Waals surface area contributed by atoms with Gasteiger partial charge in [-0.05, 0) is 25.7 Å². The van der Waals surface area contributed by atoms with Crippen LogP contribution >= 0.6 is 0 Å². The van der Waals surface area contributed by atoms with Gasteiger partial charge < -0.3 is 0 Å². The fourth-order valence-corrected chi connectivity index (χ4v) is 2.63. The molecule has 1 saturated heterocycles. The molecule has 1 heterocycles. The number of rotatable bonds is 3. The zero-order valence-electron chi connectivity index (χ0n) is 11.2. The summed E-state index contributed by atoms with van der Waals surface area (Å²) in [6.45, 7) is 5.90. The standard InChI is InChI=1S/C13H20N2O3/c1-4-8(2)9(3)15-11(17)13(6-5-7-13)10(16)14-12(15)18/h8-9H,4-7H2,1-3H3,(H,14,16,18). The van der Waals surface area contributed by atoms with Crippen LogP contribution in [0.3, 0.4) is 0 Å². The minimum absolute atomic E-state index is 0.173. The smallest absolute Gasteiger partial charge is 0.277 e. The Morgan fingerprint density at radius 1 is 1.28 bits per heavy atom. The molecule has 0 bridgehead atoms. The van der Waals surface area contributed by atoms with Crippen LogP contribution in [0.2, 0.25) is 0 Å². The topological polar surface area (TPSA) is 66.5 Å². The molecule has 2 aliphatic rings. The van der Waals surface area contributed by atoms with Gasteiger partial charge in [-0.1, -0.05) is 26.7 Å². The van der Waals surface area contributed by atoms with E-state index in [1.807, 2.05) is 20.8 Å². The quantitative estimate of drug-likeness (QED) is 0.777. The highest BCUT2D eigenvalue weighted by Gasteiger charge is 2.58. The van der Waals surface area contributed by atoms with Crippen LogP contribution in [0, 0.1) is 11.3 Å². The number of hydrogen-bond donors (Lipinski definition) is 1. The summed E-state index contributed by atoms with van der Waals surface area (Å²) in [4.78, 5) is 37.4. The van der Waals surface area contributed by atoms with Gasteiger partial charge in [-0.15, -0.1) is 0 Å². The minimum atomic E-state index is -0.949. The first-order valence-electron chi connectivity index (χ1n) is 6.63. The van der Waals surface area contributed by atoms with Crippen molar-refractivity contribution in [3.8, 4) is 0 Å². The molecule has 1 saturated carbocycles. The van der Waals surface area contributed by atoms with Gasteiger partial charge in [0.15, 0.2) is 0 Å². The molecule has 0 aromatic rings. The minimum Gasteiger partial charge on any atom is -0.277 e. The maximum absolute atomic E-state index is 12.5. The Hall–Kier alpha value is -1.39. The third-order valence-corrected chi connectivity index (χ3v) is 4.58. The second-order valence-electron chi connectivity index (χ2n) is 5.50. The maximum atomic E-state index is 12.5. The summed E-state index contributed by atoms with van der Waals surface area (Å²) < 4.78 is 0. The number of amides is 4. The fraction of sp³-hybridized carbons (Fsp3) is 0.769. The van der Waals surface area contributed by atoms with Gasteiger partial charge in [0.1, 0.15) is 5.41 Å². The molecule has 100 valence electrons. The van der Waals surface area contributed by atoms with Crippen molar-refractivity contribution in [3.63, 3.8) is 0 Å². The highest BCUT2D eigenvalue weighted by atomic mass is 16.2. The monoisotopic (exact) mass is 252 g/mol. The van der Waals surface area contributed by atoms with Crippen molar-refractivity contribution in [1.82, 2.24) is 10.2 Å². The van der Waals surface area contributed by atoms with Crippen molar-refractivity contribution in [2.45, 2.75) is 52.5 Å². The molecule has 5 heteroatoms. The molecule has 2 fully saturated rings. The highest BCUT2D eigenvalue weighted by molar-refractivity contribution is 6.19. The molecule has 1 aliphatic carbocycles. The summed E-state index contributed by atoms with van der Waals surface area (Å²) in [5.41, 5.74) is -0.949. The van der Waals surface area contributed by atoms with Crippen molar-refractivity contribution < 1.29 is 14.4 Å². The van der Waals surface area contributed by atoms with Crippen LogP contribution in [-0.4, -0.2) is 28.8 Å². The number of carbonyl (C=O) groups excluding carboxylic acids is 3. The van der Waals surface area contributed by atoms with E-state index in [0.717, 1.165) is 12.8 Å². The molecule has 0 aromatic heterocycles. The van der Waals surface area contributed by atoms with E-state index in [2.05, 4.69) is 5.32 Å². The molecule has 2 unspecified atom stereocenters. The molecule has 1 N–H and O–H groups in total. The van der Waals surface area contributed by atoms with Gasteiger partial charge in [-0.3, -0.25) is 19.8 Å². The van der Waals surface area contributed by atoms with Crippen LogP contribution in [0.1, 0.15) is 46.5 Å². The Kier molecular flexibility index (Phi) is 3.17. The van der Waals surface area contributed by atoms with Gasteiger partial charge in [-0.2, -0.15) is 0 Å². The van der Waals surface area contributed by atoms with E-state index in [1.54, 1.807) is 0 Å². The Balaban J connectivity index is 2.27. The number of carbonyl (C=O) groups is 3. The van der Waals surface area contributed by atoms with Crippen molar-refractivity contribution in [1.29, 1.82) is 0 Å². The molecular weight excluding hydrogens is 232 g/mol. The highest BCUT2D eigenvalue weighted by Crippen LogP contribution is 2.45. The van der Waals surface area contributed by atoms with Crippen molar-refractivity contribution >= 4 is 17.8 Å². The summed E-state index contributed by atoms with van der Waals surface area (Å²) in [7, 11) is 0. The third-order valence-electron chi connectivity index (χ3n) is 4.58. The number of barbiturate groups is 1. The molecule has 4 amide bonds. The number of hydrogen-bond acceptors (Lipinski definition) is 3. The summed E-state index contributed by atoms with van der Waals surface area (Å²) in [6.07, 6.45) is 2.89. The van der Waals surface area contributed by atoms with Crippen molar-refractivity contribution in [2.75, 3.05) is 0 Å². The van der Waals surface area contributed by atoms with Crippen LogP contribution in [0.4, 0.5) is 4.79 Å². The lowest BCUT2D eigenvalue weighted by Crippen LogP contribution is -2.68. The average Bonchev–Trinajstić information content (AvgIpc) is 2.25. The SMILES string of the molecule is CCC(C)C(C)N1C(=O)NC(=O)C2(CCC2)C1=O. The molecule has 1 spiro atoms. The van der Waals surface area contributed by atoms with E-state index in [4.69, 9.17) is 0 Å². The molecular formula is C13H20N2O3. The lowest BCUT2D eigenvalue weighted by atomic mass is 9.66. The Morgan fingerprint density at radius 2 is 1.89 bits per heavy atom. The van der Waals surface area contributed by atoms with E-state index in [9.17, 15) is 14.4 Å². The van der Waals surface area contributed by atoms with Gasteiger partial charge in [0.05, 0.1) is 0 Å². The van der Waals surface area contributed by atoms with Gasteiger partial charge >= 0.3 is 6.03 Å². The number of nitrogens with zero attached hydrogens (tertiary/aromatic N) is 1. The first kappa shape index (κ1) is 13.1. The third kappa shape index (κ3) is 1.64. The molecule has 2 rings (SSSR count). The predicted molar refractivity (Wildman–Crippen MR) is 65.6 cm³/mol. The Bertz CT molecular complexity index is 401. The van der Waals surface area contributed by atoms with Crippen LogP contribution in [0.25, 0.3) is 0 Å². The molecule has 2 atom stereocenters. The normalized spacial score (nSPS) is 25.7. The zero-order chi connectivity index (χ0) is 13.5. The van der Waals surface area contributed by atoms with E-state index in [-0.39, 0.29) is 17.9 Å². The fourth-order valence-electron chi connectivity index (χ4n) is 2.63. The summed E-state index contributed by atoms with van der Waals surface area (Å²) in [5, 5.41) is 2.34. The van der Waals surface area contributed by atoms with Gasteiger partial charge in [0, 0.05) is 6.04 Å². The first-order chi connectivity index (χ1) is 8.44. The van der Waals surface area contributed by atoms with Crippen LogP contribution < -0.4 is 5.32 Å². The van der Waals surface area contributed by atoms with Gasteiger partial charge in [0.2, 0.25) is 11.8 Å². The molecule has 18 heavy (non-hydrogen) atoms. The average molecular weight is 252 g/mol.